The Balaban J connectivity index is 2.19. The Bertz CT molecular complexity index is 915. The lowest BCUT2D eigenvalue weighted by Gasteiger charge is -2.21. The summed E-state index contributed by atoms with van der Waals surface area (Å²) >= 11 is 1.24. The van der Waals surface area contributed by atoms with Gasteiger partial charge in [-0.3, -0.25) is 9.59 Å². The molecule has 0 fully saturated rings. The first-order valence-corrected chi connectivity index (χ1v) is 11.4. The highest BCUT2D eigenvalue weighted by Gasteiger charge is 2.23. The number of thiophene rings is 1. The summed E-state index contributed by atoms with van der Waals surface area (Å²) in [6, 6.07) is 7.47. The Morgan fingerprint density at radius 3 is 2.14 bits per heavy atom. The van der Waals surface area contributed by atoms with E-state index in [-0.39, 0.29) is 10.8 Å². The lowest BCUT2D eigenvalue weighted by atomic mass is 10.2. The molecular weight excluding hydrogens is 398 g/mol. The lowest BCUT2D eigenvalue weighted by Crippen LogP contribution is -2.32. The summed E-state index contributed by atoms with van der Waals surface area (Å²) < 4.78 is 27.0. The minimum Gasteiger partial charge on any atom is -0.355 e. The number of sulfonamides is 1. The number of anilines is 1. The summed E-state index contributed by atoms with van der Waals surface area (Å²) in [5, 5.41) is 7.38. The zero-order chi connectivity index (χ0) is 20.7. The van der Waals surface area contributed by atoms with E-state index in [1.807, 2.05) is 13.8 Å². The van der Waals surface area contributed by atoms with Gasteiger partial charge in [-0.1, -0.05) is 13.8 Å². The SMILES string of the molecule is CCCN(CCC)S(=O)(=O)c1ccc(C(=O)Nc2sccc2C(=O)NC)cc1. The van der Waals surface area contributed by atoms with Crippen LogP contribution in [-0.2, 0) is 10.0 Å². The molecule has 152 valence electrons. The van der Waals surface area contributed by atoms with Crippen LogP contribution in [0, 0.1) is 0 Å². The van der Waals surface area contributed by atoms with Gasteiger partial charge in [0.05, 0.1) is 10.5 Å². The molecule has 1 aromatic heterocycles. The highest BCUT2D eigenvalue weighted by Crippen LogP contribution is 2.24. The first-order valence-electron chi connectivity index (χ1n) is 9.06. The Labute approximate surface area is 169 Å². The minimum atomic E-state index is -3.59. The van der Waals surface area contributed by atoms with E-state index >= 15 is 0 Å². The predicted molar refractivity (Wildman–Crippen MR) is 111 cm³/mol. The van der Waals surface area contributed by atoms with Gasteiger partial charge in [0.2, 0.25) is 10.0 Å². The Kier molecular flexibility index (Phi) is 7.73. The summed E-state index contributed by atoms with van der Waals surface area (Å²) in [5.74, 6) is -0.694. The molecule has 0 radical (unpaired) electrons. The van der Waals surface area contributed by atoms with E-state index in [4.69, 9.17) is 0 Å². The number of nitrogens with zero attached hydrogens (tertiary/aromatic N) is 1. The number of benzene rings is 1. The van der Waals surface area contributed by atoms with Gasteiger partial charge in [-0.15, -0.1) is 11.3 Å². The molecule has 0 saturated heterocycles. The third-order valence-corrected chi connectivity index (χ3v) is 6.81. The maximum Gasteiger partial charge on any atom is 0.256 e. The second-order valence-electron chi connectivity index (χ2n) is 6.13. The molecule has 1 heterocycles. The molecule has 7 nitrogen and oxygen atoms in total. The summed E-state index contributed by atoms with van der Waals surface area (Å²) in [4.78, 5) is 24.5. The highest BCUT2D eigenvalue weighted by molar-refractivity contribution is 7.89. The molecule has 2 rings (SSSR count). The van der Waals surface area contributed by atoms with Gasteiger partial charge in [0, 0.05) is 25.7 Å². The van der Waals surface area contributed by atoms with Crippen LogP contribution in [0.3, 0.4) is 0 Å². The standard InChI is InChI=1S/C19H25N3O4S2/c1-4-11-22(12-5-2)28(25,26)15-8-6-14(7-9-15)17(23)21-19-16(10-13-27-19)18(24)20-3/h6-10,13H,4-5,11-12H2,1-3H3,(H,20,24)(H,21,23). The van der Waals surface area contributed by atoms with Crippen LogP contribution in [0.2, 0.25) is 0 Å². The van der Waals surface area contributed by atoms with E-state index < -0.39 is 15.9 Å². The van der Waals surface area contributed by atoms with Crippen LogP contribution >= 0.6 is 11.3 Å². The van der Waals surface area contributed by atoms with Crippen molar-refractivity contribution in [1.82, 2.24) is 9.62 Å². The van der Waals surface area contributed by atoms with Crippen LogP contribution in [-0.4, -0.2) is 44.7 Å². The largest absolute Gasteiger partial charge is 0.355 e. The van der Waals surface area contributed by atoms with Crippen molar-refractivity contribution in [3.63, 3.8) is 0 Å². The van der Waals surface area contributed by atoms with Crippen molar-refractivity contribution >= 4 is 38.2 Å². The molecule has 0 atom stereocenters. The average molecular weight is 424 g/mol. The fraction of sp³-hybridized carbons (Fsp3) is 0.368. The first kappa shape index (κ1) is 22.1. The second kappa shape index (κ2) is 9.81. The monoisotopic (exact) mass is 423 g/mol. The first-order chi connectivity index (χ1) is 13.3. The van der Waals surface area contributed by atoms with Crippen LogP contribution in [0.4, 0.5) is 5.00 Å². The molecule has 28 heavy (non-hydrogen) atoms. The molecule has 2 N–H and O–H groups in total. The molecule has 0 spiro atoms. The average Bonchev–Trinajstić information content (AvgIpc) is 3.15. The molecule has 0 aliphatic carbocycles. The van der Waals surface area contributed by atoms with Gasteiger partial charge in [0.25, 0.3) is 11.8 Å². The van der Waals surface area contributed by atoms with Gasteiger partial charge in [-0.2, -0.15) is 4.31 Å². The second-order valence-corrected chi connectivity index (χ2v) is 8.98. The number of amides is 2. The van der Waals surface area contributed by atoms with Gasteiger partial charge in [-0.25, -0.2) is 8.42 Å². The van der Waals surface area contributed by atoms with Gasteiger partial charge >= 0.3 is 0 Å². The Morgan fingerprint density at radius 1 is 1.00 bits per heavy atom. The zero-order valence-corrected chi connectivity index (χ0v) is 17.8. The van der Waals surface area contributed by atoms with Crippen molar-refractivity contribution < 1.29 is 18.0 Å². The van der Waals surface area contributed by atoms with Crippen molar-refractivity contribution in [2.24, 2.45) is 0 Å². The summed E-state index contributed by atoms with van der Waals surface area (Å²) in [7, 11) is -2.07. The summed E-state index contributed by atoms with van der Waals surface area (Å²) in [6.45, 7) is 4.78. The van der Waals surface area contributed by atoms with Crippen LogP contribution < -0.4 is 10.6 Å². The van der Waals surface area contributed by atoms with Crippen molar-refractivity contribution in [2.45, 2.75) is 31.6 Å². The lowest BCUT2D eigenvalue weighted by molar-refractivity contribution is 0.0964. The number of hydrogen-bond acceptors (Lipinski definition) is 5. The minimum absolute atomic E-state index is 0.160. The molecule has 0 saturated carbocycles. The Morgan fingerprint density at radius 2 is 1.61 bits per heavy atom. The normalized spacial score (nSPS) is 11.4. The molecule has 0 bridgehead atoms. The number of nitrogens with one attached hydrogen (secondary N) is 2. The van der Waals surface area contributed by atoms with Crippen molar-refractivity contribution in [1.29, 1.82) is 0 Å². The molecule has 9 heteroatoms. The van der Waals surface area contributed by atoms with Gasteiger partial charge in [0.15, 0.2) is 0 Å². The molecule has 2 amide bonds. The fourth-order valence-electron chi connectivity index (χ4n) is 2.67. The van der Waals surface area contributed by atoms with E-state index in [1.165, 1.54) is 47.0 Å². The number of carbonyl (C=O) groups excluding carboxylic acids is 2. The topological polar surface area (TPSA) is 95.6 Å². The molecule has 0 unspecified atom stereocenters. The summed E-state index contributed by atoms with van der Waals surface area (Å²) in [5.41, 5.74) is 0.697. The third-order valence-electron chi connectivity index (χ3n) is 4.06. The Hall–Kier alpha value is -2.23. The van der Waals surface area contributed by atoms with Crippen LogP contribution in [0.25, 0.3) is 0 Å². The van der Waals surface area contributed by atoms with E-state index in [9.17, 15) is 18.0 Å². The van der Waals surface area contributed by atoms with E-state index in [0.717, 1.165) is 12.8 Å². The van der Waals surface area contributed by atoms with Crippen LogP contribution in [0.1, 0.15) is 47.4 Å². The smallest absolute Gasteiger partial charge is 0.256 e. The van der Waals surface area contributed by atoms with Crippen molar-refractivity contribution in [2.75, 3.05) is 25.5 Å². The third kappa shape index (κ3) is 4.98. The van der Waals surface area contributed by atoms with Crippen LogP contribution in [0.5, 0.6) is 0 Å². The molecule has 2 aromatic rings. The fourth-order valence-corrected chi connectivity index (χ4v) is 5.08. The maximum atomic E-state index is 12.8. The van der Waals surface area contributed by atoms with Gasteiger partial charge < -0.3 is 10.6 Å². The van der Waals surface area contributed by atoms with Crippen molar-refractivity contribution in [3.8, 4) is 0 Å². The molecule has 1 aromatic carbocycles. The number of carbonyl (C=O) groups is 2. The quantitative estimate of drug-likeness (QED) is 0.648. The van der Waals surface area contributed by atoms with E-state index in [1.54, 1.807) is 11.4 Å². The number of hydrogen-bond donors (Lipinski definition) is 2. The summed E-state index contributed by atoms with van der Waals surface area (Å²) in [6.07, 6.45) is 1.46. The zero-order valence-electron chi connectivity index (χ0n) is 16.2. The van der Waals surface area contributed by atoms with Crippen molar-refractivity contribution in [3.05, 3.63) is 46.8 Å². The highest BCUT2D eigenvalue weighted by atomic mass is 32.2. The van der Waals surface area contributed by atoms with E-state index in [0.29, 0.717) is 29.2 Å². The molecule has 0 aliphatic heterocycles. The van der Waals surface area contributed by atoms with E-state index in [2.05, 4.69) is 10.6 Å². The molecule has 0 aliphatic rings. The maximum absolute atomic E-state index is 12.8. The number of rotatable bonds is 9. The molecular formula is C19H25N3O4S2. The van der Waals surface area contributed by atoms with Gasteiger partial charge in [-0.05, 0) is 48.6 Å². The van der Waals surface area contributed by atoms with Crippen LogP contribution in [0.15, 0.2) is 40.6 Å². The predicted octanol–water partition coefficient (Wildman–Crippen LogP) is 3.17. The van der Waals surface area contributed by atoms with Gasteiger partial charge in [0.1, 0.15) is 5.00 Å².